The van der Waals surface area contributed by atoms with Crippen molar-refractivity contribution in [2.75, 3.05) is 28.4 Å². The number of amides is 4. The topological polar surface area (TPSA) is 91.5 Å². The first-order valence-electron chi connectivity index (χ1n) is 8.78. The lowest BCUT2D eigenvalue weighted by molar-refractivity contribution is 0.261. The molecule has 0 aliphatic rings. The number of benzene rings is 3. The van der Waals surface area contributed by atoms with Crippen LogP contribution in [0.2, 0.25) is 10.0 Å². The highest BCUT2D eigenvalue weighted by molar-refractivity contribution is 6.31. The van der Waals surface area contributed by atoms with Crippen molar-refractivity contribution in [3.63, 3.8) is 0 Å². The number of ether oxygens (including phenoxy) is 1. The number of carbonyl (C=O) groups excluding carboxylic acids is 2. The van der Waals surface area contributed by atoms with E-state index in [2.05, 4.69) is 21.3 Å². The first-order chi connectivity index (χ1) is 14.4. The number of nitrogens with one attached hydrogen (secondary N) is 4. The largest absolute Gasteiger partial charge is 0.495 e. The van der Waals surface area contributed by atoms with Crippen LogP contribution in [0.25, 0.3) is 0 Å². The molecule has 3 aromatic rings. The molecule has 30 heavy (non-hydrogen) atoms. The first kappa shape index (κ1) is 21.3. The summed E-state index contributed by atoms with van der Waals surface area (Å²) >= 11 is 11.7. The molecule has 0 aliphatic heterocycles. The fourth-order valence-electron chi connectivity index (χ4n) is 2.53. The van der Waals surface area contributed by atoms with E-state index < -0.39 is 12.1 Å². The summed E-state index contributed by atoms with van der Waals surface area (Å²) in [5.74, 6) is 0.435. The van der Waals surface area contributed by atoms with E-state index in [1.54, 1.807) is 66.7 Å². The van der Waals surface area contributed by atoms with Gasteiger partial charge in [0.2, 0.25) is 0 Å². The Morgan fingerprint density at radius 3 is 1.60 bits per heavy atom. The average Bonchev–Trinajstić information content (AvgIpc) is 2.71. The molecule has 0 spiro atoms. The zero-order valence-corrected chi connectivity index (χ0v) is 17.3. The molecule has 0 aromatic heterocycles. The third-order valence-corrected chi connectivity index (χ3v) is 4.41. The van der Waals surface area contributed by atoms with Crippen molar-refractivity contribution in [3.8, 4) is 5.75 Å². The Bertz CT molecular complexity index is 1040. The molecule has 3 aromatic carbocycles. The predicted molar refractivity (Wildman–Crippen MR) is 121 cm³/mol. The zero-order chi connectivity index (χ0) is 21.5. The quantitative estimate of drug-likeness (QED) is 0.372. The number of anilines is 4. The number of hydrogen-bond donors (Lipinski definition) is 4. The number of halogens is 2. The Balaban J connectivity index is 1.66. The van der Waals surface area contributed by atoms with E-state index in [0.717, 1.165) is 0 Å². The molecular weight excluding hydrogens is 427 g/mol. The van der Waals surface area contributed by atoms with Gasteiger partial charge in [0.15, 0.2) is 0 Å². The summed E-state index contributed by atoms with van der Waals surface area (Å²) in [7, 11) is 1.48. The highest BCUT2D eigenvalue weighted by Gasteiger charge is 2.11. The summed E-state index contributed by atoms with van der Waals surface area (Å²) in [4.78, 5) is 24.5. The molecule has 0 saturated carbocycles. The predicted octanol–water partition coefficient (Wildman–Crippen LogP) is 6.29. The maximum absolute atomic E-state index is 12.3. The van der Waals surface area contributed by atoms with E-state index in [-0.39, 0.29) is 0 Å². The summed E-state index contributed by atoms with van der Waals surface area (Å²) < 4.78 is 5.28. The average molecular weight is 445 g/mol. The van der Waals surface area contributed by atoms with E-state index in [4.69, 9.17) is 27.9 Å². The third kappa shape index (κ3) is 6.04. The van der Waals surface area contributed by atoms with Crippen molar-refractivity contribution in [1.29, 1.82) is 0 Å². The number of methoxy groups -OCH3 is 1. The van der Waals surface area contributed by atoms with Gasteiger partial charge in [-0.2, -0.15) is 0 Å². The van der Waals surface area contributed by atoms with Gasteiger partial charge < -0.3 is 26.0 Å². The zero-order valence-electron chi connectivity index (χ0n) is 15.8. The Kier molecular flexibility index (Phi) is 7.00. The van der Waals surface area contributed by atoms with Crippen molar-refractivity contribution in [1.82, 2.24) is 0 Å². The minimum Gasteiger partial charge on any atom is -0.495 e. The molecule has 9 heteroatoms. The third-order valence-electron chi connectivity index (χ3n) is 3.91. The fraction of sp³-hybridized carbons (Fsp3) is 0.0476. The molecule has 4 N–H and O–H groups in total. The van der Waals surface area contributed by atoms with E-state index in [1.807, 2.05) is 0 Å². The Labute approximate surface area is 183 Å². The Morgan fingerprint density at radius 1 is 0.667 bits per heavy atom. The van der Waals surface area contributed by atoms with Gasteiger partial charge in [-0.05, 0) is 66.7 Å². The molecule has 0 bridgehead atoms. The minimum absolute atomic E-state index is 0.383. The maximum atomic E-state index is 12.3. The van der Waals surface area contributed by atoms with Crippen molar-refractivity contribution in [2.45, 2.75) is 0 Å². The summed E-state index contributed by atoms with van der Waals surface area (Å²) in [6.45, 7) is 0. The van der Waals surface area contributed by atoms with Crippen LogP contribution in [-0.2, 0) is 0 Å². The van der Waals surface area contributed by atoms with E-state index in [1.165, 1.54) is 7.11 Å². The standard InChI is InChI=1S/C21H18Cl2N4O3/c1-30-19-11-10-17(26-20(28)24-15-6-2-13(22)3-7-15)12-18(19)27-21(29)25-16-8-4-14(23)5-9-16/h2-12H,1H3,(H2,24,26,28)(H2,25,27,29). The van der Waals surface area contributed by atoms with Gasteiger partial charge in [0.05, 0.1) is 12.8 Å². The normalized spacial score (nSPS) is 10.1. The van der Waals surface area contributed by atoms with E-state index in [9.17, 15) is 9.59 Å². The number of carbonyl (C=O) groups is 2. The van der Waals surface area contributed by atoms with Crippen LogP contribution in [0.15, 0.2) is 66.7 Å². The second-order valence-corrected chi connectivity index (χ2v) is 6.96. The molecular formula is C21H18Cl2N4O3. The van der Waals surface area contributed by atoms with Crippen LogP contribution < -0.4 is 26.0 Å². The van der Waals surface area contributed by atoms with Gasteiger partial charge in [0.25, 0.3) is 0 Å². The van der Waals surface area contributed by atoms with E-state index in [0.29, 0.717) is 38.5 Å². The van der Waals surface area contributed by atoms with Crippen molar-refractivity contribution < 1.29 is 14.3 Å². The molecule has 154 valence electrons. The molecule has 0 heterocycles. The molecule has 3 rings (SSSR count). The van der Waals surface area contributed by atoms with Crippen molar-refractivity contribution >= 4 is 58.0 Å². The van der Waals surface area contributed by atoms with Gasteiger partial charge in [0.1, 0.15) is 5.75 Å². The maximum Gasteiger partial charge on any atom is 0.323 e. The smallest absolute Gasteiger partial charge is 0.323 e. The fourth-order valence-corrected chi connectivity index (χ4v) is 2.78. The molecule has 0 aliphatic carbocycles. The molecule has 4 amide bonds. The monoisotopic (exact) mass is 444 g/mol. The van der Waals surface area contributed by atoms with Crippen LogP contribution in [0.5, 0.6) is 5.75 Å². The van der Waals surface area contributed by atoms with Crippen LogP contribution in [0.4, 0.5) is 32.3 Å². The van der Waals surface area contributed by atoms with E-state index >= 15 is 0 Å². The van der Waals surface area contributed by atoms with Gasteiger partial charge in [-0.1, -0.05) is 23.2 Å². The van der Waals surface area contributed by atoms with Gasteiger partial charge in [-0.25, -0.2) is 9.59 Å². The van der Waals surface area contributed by atoms with Crippen LogP contribution in [0, 0.1) is 0 Å². The highest BCUT2D eigenvalue weighted by atomic mass is 35.5. The van der Waals surface area contributed by atoms with Crippen LogP contribution >= 0.6 is 23.2 Å². The summed E-state index contributed by atoms with van der Waals surface area (Å²) in [6, 6.07) is 17.4. The summed E-state index contributed by atoms with van der Waals surface area (Å²) in [5, 5.41) is 11.9. The molecule has 0 unspecified atom stereocenters. The molecule has 0 radical (unpaired) electrons. The van der Waals surface area contributed by atoms with Gasteiger partial charge in [-0.3, -0.25) is 0 Å². The summed E-state index contributed by atoms with van der Waals surface area (Å²) in [5.41, 5.74) is 2.01. The van der Waals surface area contributed by atoms with Gasteiger partial charge in [0, 0.05) is 27.1 Å². The molecule has 7 nitrogen and oxygen atoms in total. The van der Waals surface area contributed by atoms with Crippen molar-refractivity contribution in [3.05, 3.63) is 76.8 Å². The van der Waals surface area contributed by atoms with Crippen LogP contribution in [0.3, 0.4) is 0 Å². The second-order valence-electron chi connectivity index (χ2n) is 6.09. The van der Waals surface area contributed by atoms with Gasteiger partial charge in [-0.15, -0.1) is 0 Å². The van der Waals surface area contributed by atoms with Crippen LogP contribution in [-0.4, -0.2) is 19.2 Å². The SMILES string of the molecule is COc1ccc(NC(=O)Nc2ccc(Cl)cc2)cc1NC(=O)Nc1ccc(Cl)cc1. The molecule has 0 atom stereocenters. The highest BCUT2D eigenvalue weighted by Crippen LogP contribution is 2.28. The summed E-state index contributed by atoms with van der Waals surface area (Å²) in [6.07, 6.45) is 0. The lowest BCUT2D eigenvalue weighted by Gasteiger charge is -2.14. The molecule has 0 saturated heterocycles. The lowest BCUT2D eigenvalue weighted by atomic mass is 10.2. The molecule has 0 fully saturated rings. The minimum atomic E-state index is -0.474. The van der Waals surface area contributed by atoms with Crippen molar-refractivity contribution in [2.24, 2.45) is 0 Å². The van der Waals surface area contributed by atoms with Crippen LogP contribution in [0.1, 0.15) is 0 Å². The second kappa shape index (κ2) is 9.87. The number of urea groups is 2. The Hall–Kier alpha value is -3.42. The van der Waals surface area contributed by atoms with Gasteiger partial charge >= 0.3 is 12.1 Å². The Morgan fingerprint density at radius 2 is 1.10 bits per heavy atom. The number of hydrogen-bond acceptors (Lipinski definition) is 3. The lowest BCUT2D eigenvalue weighted by Crippen LogP contribution is -2.21. The number of rotatable bonds is 5. The first-order valence-corrected chi connectivity index (χ1v) is 9.54.